The molecule has 0 amide bonds. The number of carboxylic acid groups (broad SMARTS) is 1. The summed E-state index contributed by atoms with van der Waals surface area (Å²) in [5, 5.41) is 8.44. The van der Waals surface area contributed by atoms with E-state index in [2.05, 4.69) is 9.83 Å². The molecule has 0 radical (unpaired) electrons. The van der Waals surface area contributed by atoms with Gasteiger partial charge in [0.1, 0.15) is 5.69 Å². The molecule has 54 valence electrons. The van der Waals surface area contributed by atoms with Crippen molar-refractivity contribution in [3.63, 3.8) is 0 Å². The van der Waals surface area contributed by atoms with Crippen LogP contribution in [0.15, 0.2) is 18.3 Å². The van der Waals surface area contributed by atoms with E-state index in [1.165, 1.54) is 18.3 Å². The van der Waals surface area contributed by atoms with Gasteiger partial charge in [-0.2, -0.15) is 0 Å². The van der Waals surface area contributed by atoms with Crippen LogP contribution >= 0.6 is 0 Å². The Labute approximate surface area is 62.9 Å². The molecule has 11 heavy (non-hydrogen) atoms. The Morgan fingerprint density at radius 2 is 2.45 bits per heavy atom. The van der Waals surface area contributed by atoms with E-state index in [1.807, 2.05) is 0 Å². The van der Waals surface area contributed by atoms with Crippen molar-refractivity contribution in [3.8, 4) is 0 Å². The maximum atomic E-state index is 10.3. The van der Waals surface area contributed by atoms with Crippen LogP contribution in [-0.2, 0) is 0 Å². The molecule has 0 aliphatic carbocycles. The summed E-state index contributed by atoms with van der Waals surface area (Å²) in [6, 6.07) is 2.69. The largest absolute Gasteiger partial charge is 0.477 e. The lowest BCUT2D eigenvalue weighted by atomic mass is 10.3. The fourth-order valence-electron chi connectivity index (χ4n) is 0.606. The highest BCUT2D eigenvalue weighted by Crippen LogP contribution is 2.10. The maximum absolute atomic E-state index is 10.3. The lowest BCUT2D eigenvalue weighted by Gasteiger charge is -1.91. The van der Waals surface area contributed by atoms with Crippen LogP contribution in [0.4, 0.5) is 5.69 Å². The molecule has 1 aromatic heterocycles. The normalized spacial score (nSPS) is 8.64. The number of carbonyl (C=O) groups is 1. The molecule has 0 saturated carbocycles. The summed E-state index contributed by atoms with van der Waals surface area (Å²) in [5.74, 6) is -1.12. The van der Waals surface area contributed by atoms with Crippen LogP contribution in [0.2, 0.25) is 0 Å². The van der Waals surface area contributed by atoms with Crippen molar-refractivity contribution in [1.82, 2.24) is 4.98 Å². The lowest BCUT2D eigenvalue weighted by Crippen LogP contribution is -1.98. The Balaban J connectivity index is 3.13. The zero-order chi connectivity index (χ0) is 8.27. The number of carboxylic acids is 1. The molecule has 0 atom stereocenters. The standard InChI is InChI=1S/C7H4N2O2/c1-8-5-2-3-9-6(4-5)7(10)11/h2-4H,(H,10,11). The first-order chi connectivity index (χ1) is 5.24. The van der Waals surface area contributed by atoms with Gasteiger partial charge in [-0.1, -0.05) is 0 Å². The number of nitrogens with zero attached hydrogens (tertiary/aromatic N) is 2. The third kappa shape index (κ3) is 1.52. The zero-order valence-electron chi connectivity index (χ0n) is 5.48. The van der Waals surface area contributed by atoms with Gasteiger partial charge in [0.15, 0.2) is 5.69 Å². The van der Waals surface area contributed by atoms with Crippen LogP contribution in [0.25, 0.3) is 4.85 Å². The second kappa shape index (κ2) is 2.80. The molecule has 1 aromatic rings. The second-order valence-electron chi connectivity index (χ2n) is 1.82. The zero-order valence-corrected chi connectivity index (χ0v) is 5.48. The Morgan fingerprint density at radius 1 is 1.73 bits per heavy atom. The Hall–Kier alpha value is -1.89. The Kier molecular flexibility index (Phi) is 1.83. The molecular formula is C7H4N2O2. The molecule has 0 aliphatic heterocycles. The predicted octanol–water partition coefficient (Wildman–Crippen LogP) is 1.33. The molecule has 1 N–H and O–H groups in total. The van der Waals surface area contributed by atoms with E-state index in [1.54, 1.807) is 0 Å². The van der Waals surface area contributed by atoms with E-state index in [-0.39, 0.29) is 11.4 Å². The smallest absolute Gasteiger partial charge is 0.353 e. The SMILES string of the molecule is [C-]#[N+]c1ccnc(C(=O)O)c1. The van der Waals surface area contributed by atoms with Crippen LogP contribution in [0.1, 0.15) is 10.5 Å². The summed E-state index contributed by atoms with van der Waals surface area (Å²) < 4.78 is 0. The first-order valence-electron chi connectivity index (χ1n) is 2.81. The summed E-state index contributed by atoms with van der Waals surface area (Å²) in [4.78, 5) is 16.9. The predicted molar refractivity (Wildman–Crippen MR) is 37.5 cm³/mol. The number of hydrogen-bond acceptors (Lipinski definition) is 2. The van der Waals surface area contributed by atoms with Gasteiger partial charge in [0, 0.05) is 6.20 Å². The van der Waals surface area contributed by atoms with Gasteiger partial charge in [0.25, 0.3) is 0 Å². The van der Waals surface area contributed by atoms with Crippen LogP contribution in [0.3, 0.4) is 0 Å². The van der Waals surface area contributed by atoms with Gasteiger partial charge in [-0.3, -0.25) is 4.98 Å². The summed E-state index contributed by atoms with van der Waals surface area (Å²) in [6.07, 6.45) is 1.30. The van der Waals surface area contributed by atoms with Crippen LogP contribution in [0, 0.1) is 6.57 Å². The van der Waals surface area contributed by atoms with E-state index in [9.17, 15) is 4.79 Å². The van der Waals surface area contributed by atoms with Crippen molar-refractivity contribution >= 4 is 11.7 Å². The number of rotatable bonds is 1. The van der Waals surface area contributed by atoms with E-state index < -0.39 is 5.97 Å². The van der Waals surface area contributed by atoms with Crippen molar-refractivity contribution in [2.45, 2.75) is 0 Å². The van der Waals surface area contributed by atoms with Crippen molar-refractivity contribution in [2.75, 3.05) is 0 Å². The second-order valence-corrected chi connectivity index (χ2v) is 1.82. The molecule has 0 bridgehead atoms. The van der Waals surface area contributed by atoms with Crippen LogP contribution in [-0.4, -0.2) is 16.1 Å². The molecule has 0 saturated heterocycles. The maximum Gasteiger partial charge on any atom is 0.353 e. The molecule has 0 spiro atoms. The highest BCUT2D eigenvalue weighted by Gasteiger charge is 2.03. The van der Waals surface area contributed by atoms with Gasteiger partial charge >= 0.3 is 5.97 Å². The monoisotopic (exact) mass is 148 g/mol. The number of hydrogen-bond donors (Lipinski definition) is 1. The van der Waals surface area contributed by atoms with Crippen molar-refractivity contribution in [2.24, 2.45) is 0 Å². The first kappa shape index (κ1) is 7.22. The molecule has 4 nitrogen and oxygen atoms in total. The Morgan fingerprint density at radius 3 is 3.00 bits per heavy atom. The van der Waals surface area contributed by atoms with Crippen LogP contribution < -0.4 is 0 Å². The third-order valence-corrected chi connectivity index (χ3v) is 1.09. The molecular weight excluding hydrogens is 144 g/mol. The minimum Gasteiger partial charge on any atom is -0.477 e. The fraction of sp³-hybridized carbons (Fsp3) is 0. The minimum atomic E-state index is -1.12. The molecule has 0 aliphatic rings. The fourth-order valence-corrected chi connectivity index (χ4v) is 0.606. The molecule has 0 fully saturated rings. The van der Waals surface area contributed by atoms with E-state index in [4.69, 9.17) is 11.7 Å². The van der Waals surface area contributed by atoms with Crippen LogP contribution in [0.5, 0.6) is 0 Å². The summed E-state index contributed by atoms with van der Waals surface area (Å²) >= 11 is 0. The van der Waals surface area contributed by atoms with Gasteiger partial charge < -0.3 is 5.11 Å². The lowest BCUT2D eigenvalue weighted by molar-refractivity contribution is 0.0690. The average molecular weight is 148 g/mol. The number of aromatic nitrogens is 1. The first-order valence-corrected chi connectivity index (χ1v) is 2.81. The van der Waals surface area contributed by atoms with Crippen molar-refractivity contribution < 1.29 is 9.90 Å². The average Bonchev–Trinajstić information content (AvgIpc) is 2.05. The van der Waals surface area contributed by atoms with Gasteiger partial charge in [0.05, 0.1) is 6.57 Å². The molecule has 0 unspecified atom stereocenters. The van der Waals surface area contributed by atoms with Crippen molar-refractivity contribution in [1.29, 1.82) is 0 Å². The van der Waals surface area contributed by atoms with Gasteiger partial charge in [-0.25, -0.2) is 9.64 Å². The topological polar surface area (TPSA) is 54.5 Å². The number of aromatic carboxylic acids is 1. The van der Waals surface area contributed by atoms with E-state index >= 15 is 0 Å². The highest BCUT2D eigenvalue weighted by molar-refractivity contribution is 5.86. The summed E-state index contributed by atoms with van der Waals surface area (Å²) in [5.41, 5.74) is 0.191. The van der Waals surface area contributed by atoms with E-state index in [0.717, 1.165) is 0 Å². The van der Waals surface area contributed by atoms with Gasteiger partial charge in [-0.05, 0) is 12.1 Å². The van der Waals surface area contributed by atoms with Gasteiger partial charge in [0.2, 0.25) is 0 Å². The van der Waals surface area contributed by atoms with E-state index in [0.29, 0.717) is 0 Å². The highest BCUT2D eigenvalue weighted by atomic mass is 16.4. The molecule has 0 aromatic carbocycles. The quantitative estimate of drug-likeness (QED) is 0.611. The molecule has 1 heterocycles. The minimum absolute atomic E-state index is 0.0986. The Bertz CT molecular complexity index is 327. The third-order valence-electron chi connectivity index (χ3n) is 1.09. The van der Waals surface area contributed by atoms with Gasteiger partial charge in [-0.15, -0.1) is 0 Å². The molecule has 1 rings (SSSR count). The van der Waals surface area contributed by atoms with Crippen molar-refractivity contribution in [3.05, 3.63) is 35.4 Å². The molecule has 4 heteroatoms. The summed E-state index contributed by atoms with van der Waals surface area (Å²) in [6.45, 7) is 6.59. The summed E-state index contributed by atoms with van der Waals surface area (Å²) in [7, 11) is 0. The number of pyridine rings is 1.